The van der Waals surface area contributed by atoms with Crippen molar-refractivity contribution in [3.05, 3.63) is 70.8 Å². The molecular weight excluding hydrogens is 415 g/mol. The first-order valence-corrected chi connectivity index (χ1v) is 11.9. The molecule has 1 aliphatic rings. The summed E-state index contributed by atoms with van der Waals surface area (Å²) in [6.07, 6.45) is -0.437. The van der Waals surface area contributed by atoms with Crippen LogP contribution >= 0.6 is 0 Å². The minimum Gasteiger partial charge on any atom is -0.445 e. The van der Waals surface area contributed by atoms with E-state index in [4.69, 9.17) is 4.74 Å². The lowest BCUT2D eigenvalue weighted by Crippen LogP contribution is -2.43. The van der Waals surface area contributed by atoms with Gasteiger partial charge >= 0.3 is 6.09 Å². The number of halogens is 1. The van der Waals surface area contributed by atoms with Crippen molar-refractivity contribution >= 4 is 6.09 Å². The van der Waals surface area contributed by atoms with E-state index in [2.05, 4.69) is 52.2 Å². The summed E-state index contributed by atoms with van der Waals surface area (Å²) < 4.78 is 22.8. The Balaban J connectivity index is 1.97. The van der Waals surface area contributed by atoms with E-state index >= 15 is 4.39 Å². The van der Waals surface area contributed by atoms with Gasteiger partial charge in [-0.05, 0) is 40.0 Å². The molecule has 1 saturated heterocycles. The number of carbonyl (C=O) groups excluding carboxylic acids is 1. The number of nitrogens with one attached hydrogen (secondary N) is 2. The molecule has 0 bridgehead atoms. The van der Waals surface area contributed by atoms with Gasteiger partial charge in [-0.1, -0.05) is 90.1 Å². The maximum Gasteiger partial charge on any atom is 0.407 e. The van der Waals surface area contributed by atoms with Crippen LogP contribution in [0.25, 0.3) is 0 Å². The smallest absolute Gasteiger partial charge is 0.407 e. The third-order valence-electron chi connectivity index (χ3n) is 6.51. The fourth-order valence-corrected chi connectivity index (χ4v) is 4.43. The molecule has 1 fully saturated rings. The molecule has 1 unspecified atom stereocenters. The molecular formula is C28H39FN2O2. The van der Waals surface area contributed by atoms with Gasteiger partial charge in [0.1, 0.15) is 6.10 Å². The Bertz CT molecular complexity index is 882. The second-order valence-electron chi connectivity index (χ2n) is 11.1. The van der Waals surface area contributed by atoms with Crippen molar-refractivity contribution in [1.29, 1.82) is 0 Å². The number of benzene rings is 2. The first-order chi connectivity index (χ1) is 15.4. The highest BCUT2D eigenvalue weighted by molar-refractivity contribution is 5.67. The lowest BCUT2D eigenvalue weighted by molar-refractivity contribution is 0.0983. The number of carbonyl (C=O) groups is 1. The highest BCUT2D eigenvalue weighted by atomic mass is 19.1. The molecule has 33 heavy (non-hydrogen) atoms. The first-order valence-electron chi connectivity index (χ1n) is 11.9. The molecule has 2 N–H and O–H groups in total. The molecule has 4 nitrogen and oxygen atoms in total. The number of hydrogen-bond acceptors (Lipinski definition) is 3. The molecule has 5 heteroatoms. The van der Waals surface area contributed by atoms with Crippen molar-refractivity contribution in [2.24, 2.45) is 0 Å². The van der Waals surface area contributed by atoms with Crippen LogP contribution < -0.4 is 10.6 Å². The van der Waals surface area contributed by atoms with Crippen LogP contribution in [0, 0.1) is 0 Å². The zero-order chi connectivity index (χ0) is 24.4. The van der Waals surface area contributed by atoms with Crippen LogP contribution in [0.3, 0.4) is 0 Å². The summed E-state index contributed by atoms with van der Waals surface area (Å²) in [6.45, 7) is 15.7. The van der Waals surface area contributed by atoms with Crippen LogP contribution in [0.2, 0.25) is 0 Å². The van der Waals surface area contributed by atoms with Crippen molar-refractivity contribution in [1.82, 2.24) is 10.6 Å². The Labute approximate surface area is 198 Å². The maximum absolute atomic E-state index is 17.3. The standard InChI is InChI=1S/C28H39FN2O2/c1-8-30-25(32)33-23-17-24(31-18-23)28(29,21-13-9-19(10-14-21)26(2,3)4)22-15-11-20(12-16-22)27(5,6)7/h9-16,23-24,31H,8,17-18H2,1-7H3,(H,30,32)/t23-,24?/m1/s1. The normalized spacial score (nSPS) is 19.4. The van der Waals surface area contributed by atoms with E-state index in [1.54, 1.807) is 0 Å². The van der Waals surface area contributed by atoms with Crippen LogP contribution in [0.15, 0.2) is 48.5 Å². The molecule has 0 saturated carbocycles. The molecule has 2 atom stereocenters. The Morgan fingerprint density at radius 1 is 0.909 bits per heavy atom. The van der Waals surface area contributed by atoms with Gasteiger partial charge in [-0.25, -0.2) is 9.18 Å². The summed E-state index contributed by atoms with van der Waals surface area (Å²) in [7, 11) is 0. The van der Waals surface area contributed by atoms with Crippen LogP contribution in [0.4, 0.5) is 9.18 Å². The minimum atomic E-state index is -1.76. The first kappa shape index (κ1) is 25.2. The summed E-state index contributed by atoms with van der Waals surface area (Å²) in [6, 6.07) is 15.2. The van der Waals surface area contributed by atoms with Gasteiger partial charge in [-0.15, -0.1) is 0 Å². The fraction of sp³-hybridized carbons (Fsp3) is 0.536. The minimum absolute atomic E-state index is 0.0109. The molecule has 1 heterocycles. The fourth-order valence-electron chi connectivity index (χ4n) is 4.43. The monoisotopic (exact) mass is 454 g/mol. The van der Waals surface area contributed by atoms with E-state index in [0.717, 1.165) is 11.1 Å². The Morgan fingerprint density at radius 2 is 1.33 bits per heavy atom. The van der Waals surface area contributed by atoms with Crippen LogP contribution in [0.1, 0.15) is 77.1 Å². The molecule has 1 amide bonds. The summed E-state index contributed by atoms with van der Waals surface area (Å²) >= 11 is 0. The van der Waals surface area contributed by atoms with Crippen molar-refractivity contribution in [3.8, 4) is 0 Å². The van der Waals surface area contributed by atoms with Crippen LogP contribution in [-0.2, 0) is 21.2 Å². The predicted octanol–water partition coefficient (Wildman–Crippen LogP) is 5.97. The molecule has 0 aliphatic carbocycles. The quantitative estimate of drug-likeness (QED) is 0.585. The number of ether oxygens (including phenoxy) is 1. The molecule has 2 aromatic carbocycles. The molecule has 0 radical (unpaired) electrons. The van der Waals surface area contributed by atoms with E-state index in [-0.39, 0.29) is 16.9 Å². The third-order valence-corrected chi connectivity index (χ3v) is 6.51. The van der Waals surface area contributed by atoms with Crippen molar-refractivity contribution in [3.63, 3.8) is 0 Å². The summed E-state index contributed by atoms with van der Waals surface area (Å²) in [5, 5.41) is 5.95. The van der Waals surface area contributed by atoms with E-state index in [0.29, 0.717) is 30.6 Å². The Kier molecular flexibility index (Phi) is 7.23. The molecule has 1 aliphatic heterocycles. The second-order valence-corrected chi connectivity index (χ2v) is 11.1. The van der Waals surface area contributed by atoms with E-state index in [1.807, 2.05) is 55.5 Å². The average molecular weight is 455 g/mol. The van der Waals surface area contributed by atoms with Crippen LogP contribution in [-0.4, -0.2) is 31.3 Å². The zero-order valence-corrected chi connectivity index (χ0v) is 21.1. The van der Waals surface area contributed by atoms with Gasteiger partial charge in [0.05, 0.1) is 6.04 Å². The number of amides is 1. The number of alkyl carbamates (subject to hydrolysis) is 1. The lowest BCUT2D eigenvalue weighted by Gasteiger charge is -2.34. The van der Waals surface area contributed by atoms with E-state index < -0.39 is 17.8 Å². The highest BCUT2D eigenvalue weighted by Crippen LogP contribution is 2.42. The van der Waals surface area contributed by atoms with Crippen LogP contribution in [0.5, 0.6) is 0 Å². The molecule has 2 aromatic rings. The number of rotatable bonds is 5. The molecule has 0 spiro atoms. The van der Waals surface area contributed by atoms with Crippen molar-refractivity contribution in [2.75, 3.05) is 13.1 Å². The van der Waals surface area contributed by atoms with Gasteiger partial charge in [-0.2, -0.15) is 0 Å². The SMILES string of the molecule is CCNC(=O)O[C@H]1CNC(C(F)(c2ccc(C(C)(C)C)cc2)c2ccc(C(C)(C)C)cc2)C1. The van der Waals surface area contributed by atoms with Gasteiger partial charge in [-0.3, -0.25) is 0 Å². The predicted molar refractivity (Wildman–Crippen MR) is 133 cm³/mol. The Hall–Kier alpha value is -2.40. The highest BCUT2D eigenvalue weighted by Gasteiger charge is 2.47. The summed E-state index contributed by atoms with van der Waals surface area (Å²) in [5.41, 5.74) is 1.76. The van der Waals surface area contributed by atoms with Gasteiger partial charge in [0, 0.05) is 19.5 Å². The molecule has 3 rings (SSSR count). The Morgan fingerprint density at radius 3 is 1.73 bits per heavy atom. The second kappa shape index (κ2) is 9.46. The van der Waals surface area contributed by atoms with E-state index in [9.17, 15) is 4.79 Å². The molecule has 180 valence electrons. The summed E-state index contributed by atoms with van der Waals surface area (Å²) in [4.78, 5) is 11.9. The zero-order valence-electron chi connectivity index (χ0n) is 21.1. The van der Waals surface area contributed by atoms with Crippen molar-refractivity contribution < 1.29 is 13.9 Å². The van der Waals surface area contributed by atoms with Gasteiger partial charge in [0.25, 0.3) is 0 Å². The van der Waals surface area contributed by atoms with Crippen molar-refractivity contribution in [2.45, 2.75) is 83.5 Å². The topological polar surface area (TPSA) is 50.4 Å². The van der Waals surface area contributed by atoms with Gasteiger partial charge < -0.3 is 15.4 Å². The largest absolute Gasteiger partial charge is 0.445 e. The lowest BCUT2D eigenvalue weighted by atomic mass is 9.78. The number of alkyl halides is 1. The number of hydrogen-bond donors (Lipinski definition) is 2. The van der Waals surface area contributed by atoms with E-state index in [1.165, 1.54) is 0 Å². The van der Waals surface area contributed by atoms with Gasteiger partial charge in [0.2, 0.25) is 0 Å². The van der Waals surface area contributed by atoms with Gasteiger partial charge in [0.15, 0.2) is 5.67 Å². The summed E-state index contributed by atoms with van der Waals surface area (Å²) in [5.74, 6) is 0. The average Bonchev–Trinajstić information content (AvgIpc) is 3.21. The molecule has 0 aromatic heterocycles. The maximum atomic E-state index is 17.3. The third kappa shape index (κ3) is 5.57.